The maximum Gasteiger partial charge on any atom is 0.309 e. The Balaban J connectivity index is 1.56. The number of aryl methyl sites for hydroxylation is 1. The van der Waals surface area contributed by atoms with Crippen LogP contribution < -0.4 is 21.1 Å². The van der Waals surface area contributed by atoms with E-state index >= 15 is 0 Å². The van der Waals surface area contributed by atoms with E-state index in [2.05, 4.69) is 20.6 Å². The van der Waals surface area contributed by atoms with E-state index < -0.39 is 28.2 Å². The van der Waals surface area contributed by atoms with Gasteiger partial charge in [0.1, 0.15) is 5.82 Å². The number of amides is 2. The van der Waals surface area contributed by atoms with Gasteiger partial charge in [0.2, 0.25) is 17.8 Å². The number of carbonyl (C=O) groups excluding carboxylic acids is 3. The number of piperidine rings is 1. The van der Waals surface area contributed by atoms with Crippen LogP contribution >= 0.6 is 0 Å². The van der Waals surface area contributed by atoms with Gasteiger partial charge in [0.25, 0.3) is 11.2 Å². The first kappa shape index (κ1) is 24.8. The molecule has 13 heteroatoms. The molecule has 2 aliphatic heterocycles. The summed E-state index contributed by atoms with van der Waals surface area (Å²) in [6.07, 6.45) is 0.779. The summed E-state index contributed by atoms with van der Waals surface area (Å²) in [5, 5.41) is 16.3. The lowest BCUT2D eigenvalue weighted by atomic mass is 9.92. The first-order chi connectivity index (χ1) is 17.2. The van der Waals surface area contributed by atoms with Crippen LogP contribution in [0, 0.1) is 23.0 Å². The van der Waals surface area contributed by atoms with Gasteiger partial charge in [-0.1, -0.05) is 6.07 Å². The molecule has 1 atom stereocenters. The minimum Gasteiger partial charge on any atom is -0.466 e. The van der Waals surface area contributed by atoms with Gasteiger partial charge < -0.3 is 20.3 Å². The molecule has 13 nitrogen and oxygen atoms in total. The van der Waals surface area contributed by atoms with E-state index in [4.69, 9.17) is 4.74 Å². The molecule has 0 bridgehead atoms. The van der Waals surface area contributed by atoms with Crippen LogP contribution in [0.3, 0.4) is 0 Å². The Morgan fingerprint density at radius 2 is 2.00 bits per heavy atom. The van der Waals surface area contributed by atoms with Gasteiger partial charge in [-0.3, -0.25) is 34.3 Å². The number of aromatic nitrogens is 2. The number of fused-ring (bicyclic) bond motifs is 1. The number of non-ortho nitro benzene ring substituents is 1. The van der Waals surface area contributed by atoms with Crippen LogP contribution in [0.25, 0.3) is 0 Å². The van der Waals surface area contributed by atoms with Crippen molar-refractivity contribution < 1.29 is 24.0 Å². The van der Waals surface area contributed by atoms with Crippen molar-refractivity contribution in [3.8, 4) is 0 Å². The van der Waals surface area contributed by atoms with E-state index in [9.17, 15) is 29.3 Å². The molecule has 1 saturated heterocycles. The Kier molecular flexibility index (Phi) is 6.99. The number of nitro benzene ring substituents is 1. The van der Waals surface area contributed by atoms with Crippen LogP contribution in [0.5, 0.6) is 0 Å². The highest BCUT2D eigenvalue weighted by Crippen LogP contribution is 2.32. The Morgan fingerprint density at radius 1 is 1.28 bits per heavy atom. The summed E-state index contributed by atoms with van der Waals surface area (Å²) in [7, 11) is 0. The zero-order valence-corrected chi connectivity index (χ0v) is 19.8. The number of nitro groups is 1. The van der Waals surface area contributed by atoms with Crippen LogP contribution in [0.2, 0.25) is 0 Å². The number of hydrogen-bond acceptors (Lipinski definition) is 9. The van der Waals surface area contributed by atoms with E-state index in [1.165, 1.54) is 18.2 Å². The highest BCUT2D eigenvalue weighted by molar-refractivity contribution is 6.04. The number of nitrogens with one attached hydrogen (secondary N) is 3. The Hall–Kier alpha value is -4.29. The molecule has 0 saturated carbocycles. The van der Waals surface area contributed by atoms with Crippen molar-refractivity contribution in [3.05, 3.63) is 49.8 Å². The number of ether oxygens (including phenoxy) is 1. The maximum atomic E-state index is 13.1. The third-order valence-electron chi connectivity index (χ3n) is 6.36. The second kappa shape index (κ2) is 10.1. The maximum absolute atomic E-state index is 13.1. The Labute approximate surface area is 205 Å². The highest BCUT2D eigenvalue weighted by atomic mass is 16.6. The first-order valence-electron chi connectivity index (χ1n) is 11.6. The summed E-state index contributed by atoms with van der Waals surface area (Å²) in [4.78, 5) is 70.0. The third-order valence-corrected chi connectivity index (χ3v) is 6.36. The molecule has 36 heavy (non-hydrogen) atoms. The predicted molar refractivity (Wildman–Crippen MR) is 129 cm³/mol. The number of esters is 1. The zero-order chi connectivity index (χ0) is 26.0. The summed E-state index contributed by atoms with van der Waals surface area (Å²) in [5.41, 5.74) is 0.0441. The van der Waals surface area contributed by atoms with Crippen molar-refractivity contribution in [2.24, 2.45) is 5.92 Å². The molecule has 2 amide bonds. The Morgan fingerprint density at radius 3 is 2.67 bits per heavy atom. The summed E-state index contributed by atoms with van der Waals surface area (Å²) in [5.74, 6) is -2.51. The molecule has 4 rings (SSSR count). The standard InChI is InChI=1S/C23H26N6O7/c1-3-36-22(33)13-6-8-28(9-7-13)23-26-19-18(21(32)27-23)15(11-17(30)25-19)20(31)24-16-10-14(29(34)35)5-4-12(16)2/h4-5,10,13,15H,3,6-9,11H2,1-2H3,(H,24,31)(H2,25,26,27,30,32)/t15-/m0/s1. The number of anilines is 3. The van der Waals surface area contributed by atoms with Gasteiger partial charge in [-0.05, 0) is 32.3 Å². The van der Waals surface area contributed by atoms with E-state index in [1.807, 2.05) is 0 Å². The average molecular weight is 498 g/mol. The number of H-pyrrole nitrogens is 1. The van der Waals surface area contributed by atoms with Crippen molar-refractivity contribution in [2.75, 3.05) is 35.2 Å². The van der Waals surface area contributed by atoms with Crippen molar-refractivity contribution in [1.82, 2.24) is 9.97 Å². The highest BCUT2D eigenvalue weighted by Gasteiger charge is 2.36. The minimum absolute atomic E-state index is 0.00608. The van der Waals surface area contributed by atoms with Crippen LogP contribution in [-0.4, -0.2) is 52.4 Å². The van der Waals surface area contributed by atoms with Crippen molar-refractivity contribution in [2.45, 2.75) is 39.0 Å². The normalized spacial score (nSPS) is 17.7. The van der Waals surface area contributed by atoms with Crippen molar-refractivity contribution >= 4 is 40.9 Å². The SMILES string of the molecule is CCOC(=O)C1CCN(c2nc3c(c(=O)[nH]2)[C@@H](C(=O)Nc2cc([N+](=O)[O-])ccc2C)CC(=O)N3)CC1. The summed E-state index contributed by atoms with van der Waals surface area (Å²) in [6.45, 7) is 4.65. The molecule has 1 aromatic carbocycles. The number of hydrogen-bond donors (Lipinski definition) is 3. The molecule has 0 spiro atoms. The average Bonchev–Trinajstić information content (AvgIpc) is 2.84. The van der Waals surface area contributed by atoms with E-state index in [0.717, 1.165) is 0 Å². The molecule has 0 unspecified atom stereocenters. The molecule has 2 aromatic rings. The Bertz CT molecular complexity index is 1280. The summed E-state index contributed by atoms with van der Waals surface area (Å²) in [6, 6.07) is 4.05. The molecule has 3 heterocycles. The molecule has 0 aliphatic carbocycles. The molecule has 1 aromatic heterocycles. The molecule has 190 valence electrons. The van der Waals surface area contributed by atoms with Gasteiger partial charge in [-0.2, -0.15) is 4.98 Å². The number of carbonyl (C=O) groups is 3. The molecular weight excluding hydrogens is 472 g/mol. The van der Waals surface area contributed by atoms with E-state index in [-0.39, 0.29) is 47.0 Å². The fraction of sp³-hybridized carbons (Fsp3) is 0.435. The molecular formula is C23H26N6O7. The number of nitrogens with zero attached hydrogens (tertiary/aromatic N) is 3. The molecule has 1 fully saturated rings. The monoisotopic (exact) mass is 498 g/mol. The third kappa shape index (κ3) is 5.04. The predicted octanol–water partition coefficient (Wildman–Crippen LogP) is 1.83. The van der Waals surface area contributed by atoms with Crippen LogP contribution in [0.15, 0.2) is 23.0 Å². The van der Waals surface area contributed by atoms with Gasteiger partial charge in [0.05, 0.1) is 34.6 Å². The first-order valence-corrected chi connectivity index (χ1v) is 11.6. The zero-order valence-electron chi connectivity index (χ0n) is 19.8. The smallest absolute Gasteiger partial charge is 0.309 e. The lowest BCUT2D eigenvalue weighted by molar-refractivity contribution is -0.384. The van der Waals surface area contributed by atoms with Crippen LogP contribution in [0.4, 0.5) is 23.1 Å². The lowest BCUT2D eigenvalue weighted by Gasteiger charge is -2.32. The molecule has 0 radical (unpaired) electrons. The second-order valence-corrected chi connectivity index (χ2v) is 8.72. The van der Waals surface area contributed by atoms with Crippen LogP contribution in [-0.2, 0) is 19.1 Å². The topological polar surface area (TPSA) is 177 Å². The van der Waals surface area contributed by atoms with E-state index in [1.54, 1.807) is 18.7 Å². The van der Waals surface area contributed by atoms with Gasteiger partial charge in [-0.25, -0.2) is 0 Å². The summed E-state index contributed by atoms with van der Waals surface area (Å²) < 4.78 is 5.08. The van der Waals surface area contributed by atoms with Gasteiger partial charge in [0.15, 0.2) is 0 Å². The van der Waals surface area contributed by atoms with Gasteiger partial charge in [-0.15, -0.1) is 0 Å². The minimum atomic E-state index is -1.13. The fourth-order valence-electron chi connectivity index (χ4n) is 4.40. The van der Waals surface area contributed by atoms with Gasteiger partial charge >= 0.3 is 5.97 Å². The van der Waals surface area contributed by atoms with Gasteiger partial charge in [0, 0.05) is 31.6 Å². The number of benzene rings is 1. The largest absolute Gasteiger partial charge is 0.466 e. The van der Waals surface area contributed by atoms with Crippen molar-refractivity contribution in [3.63, 3.8) is 0 Å². The van der Waals surface area contributed by atoms with E-state index in [0.29, 0.717) is 38.1 Å². The van der Waals surface area contributed by atoms with Crippen molar-refractivity contribution in [1.29, 1.82) is 0 Å². The molecule has 2 aliphatic rings. The second-order valence-electron chi connectivity index (χ2n) is 8.72. The number of aromatic amines is 1. The fourth-order valence-corrected chi connectivity index (χ4v) is 4.40. The van der Waals surface area contributed by atoms with Crippen LogP contribution in [0.1, 0.15) is 43.2 Å². The summed E-state index contributed by atoms with van der Waals surface area (Å²) >= 11 is 0. The quantitative estimate of drug-likeness (QED) is 0.304. The number of rotatable bonds is 6. The lowest BCUT2D eigenvalue weighted by Crippen LogP contribution is -2.41. The molecule has 3 N–H and O–H groups in total.